The van der Waals surface area contributed by atoms with E-state index in [4.69, 9.17) is 4.52 Å². The van der Waals surface area contributed by atoms with Crippen molar-refractivity contribution in [2.75, 3.05) is 6.66 Å². The molecule has 1 saturated carbocycles. The van der Waals surface area contributed by atoms with Gasteiger partial charge in [-0.3, -0.25) is 4.57 Å². The van der Waals surface area contributed by atoms with Crippen LogP contribution in [0.4, 0.5) is 0 Å². The van der Waals surface area contributed by atoms with E-state index >= 15 is 0 Å². The number of hydrogen-bond donors (Lipinski definition) is 1. The molecule has 0 aromatic rings. The lowest BCUT2D eigenvalue weighted by Crippen LogP contribution is -2.33. The average molecular weight is 234 g/mol. The van der Waals surface area contributed by atoms with Crippen molar-refractivity contribution in [3.63, 3.8) is 0 Å². The van der Waals surface area contributed by atoms with Crippen molar-refractivity contribution in [1.29, 1.82) is 0 Å². The number of rotatable bonds is 3. The smallest absolute Gasteiger partial charge is 0.324 e. The summed E-state index contributed by atoms with van der Waals surface area (Å²) in [6.07, 6.45) is 3.21. The van der Waals surface area contributed by atoms with Gasteiger partial charge in [0, 0.05) is 6.66 Å². The molecule has 90 valence electrons. The predicted octanol–water partition coefficient (Wildman–Crippen LogP) is 3.28. The van der Waals surface area contributed by atoms with Gasteiger partial charge in [-0.1, -0.05) is 27.2 Å². The van der Waals surface area contributed by atoms with E-state index < -0.39 is 7.60 Å². The Balaban J connectivity index is 2.66. The molecule has 0 saturated heterocycles. The second-order valence-corrected chi connectivity index (χ2v) is 7.09. The van der Waals surface area contributed by atoms with Crippen molar-refractivity contribution in [3.8, 4) is 0 Å². The lowest BCUT2D eigenvalue weighted by molar-refractivity contribution is 0.0390. The first-order valence-corrected chi connectivity index (χ1v) is 7.80. The van der Waals surface area contributed by atoms with Crippen LogP contribution in [-0.4, -0.2) is 17.7 Å². The molecule has 1 aliphatic rings. The van der Waals surface area contributed by atoms with Crippen LogP contribution in [0.2, 0.25) is 0 Å². The van der Waals surface area contributed by atoms with Gasteiger partial charge in [-0.2, -0.15) is 0 Å². The molecule has 0 bridgehead atoms. The van der Waals surface area contributed by atoms with Gasteiger partial charge in [-0.15, -0.1) is 0 Å². The number of hydrogen-bond acceptors (Lipinski definition) is 2. The summed E-state index contributed by atoms with van der Waals surface area (Å²) in [5, 5.41) is 0. The Morgan fingerprint density at radius 3 is 2.47 bits per heavy atom. The van der Waals surface area contributed by atoms with Gasteiger partial charge in [0.25, 0.3) is 0 Å². The van der Waals surface area contributed by atoms with Crippen LogP contribution >= 0.6 is 7.60 Å². The highest BCUT2D eigenvalue weighted by Gasteiger charge is 2.34. The SMILES string of the molecule is CC(C)[C@@H]1CC[C@@H](C)C[C@H]1OP(C)(=O)O. The average Bonchev–Trinajstić information content (AvgIpc) is 1.99. The summed E-state index contributed by atoms with van der Waals surface area (Å²) >= 11 is 0. The molecule has 0 spiro atoms. The van der Waals surface area contributed by atoms with Crippen molar-refractivity contribution in [1.82, 2.24) is 0 Å². The van der Waals surface area contributed by atoms with Crippen LogP contribution in [0, 0.1) is 17.8 Å². The molecule has 1 N–H and O–H groups in total. The Bertz CT molecular complexity index is 246. The summed E-state index contributed by atoms with van der Waals surface area (Å²) < 4.78 is 16.6. The molecule has 4 atom stereocenters. The second kappa shape index (κ2) is 4.99. The van der Waals surface area contributed by atoms with Gasteiger partial charge >= 0.3 is 7.60 Å². The van der Waals surface area contributed by atoms with E-state index in [0.717, 1.165) is 12.8 Å². The lowest BCUT2D eigenvalue weighted by atomic mass is 9.75. The topological polar surface area (TPSA) is 46.5 Å². The van der Waals surface area contributed by atoms with Crippen molar-refractivity contribution < 1.29 is 14.0 Å². The zero-order valence-corrected chi connectivity index (χ0v) is 11.0. The summed E-state index contributed by atoms with van der Waals surface area (Å²) in [5.74, 6) is 1.56. The van der Waals surface area contributed by atoms with Crippen LogP contribution in [0.3, 0.4) is 0 Å². The third kappa shape index (κ3) is 4.26. The van der Waals surface area contributed by atoms with Gasteiger partial charge in [0.05, 0.1) is 6.10 Å². The quantitative estimate of drug-likeness (QED) is 0.762. The van der Waals surface area contributed by atoms with Gasteiger partial charge in [0.15, 0.2) is 0 Å². The fourth-order valence-electron chi connectivity index (χ4n) is 2.49. The first-order valence-electron chi connectivity index (χ1n) is 5.78. The maximum absolute atomic E-state index is 11.3. The molecule has 1 fully saturated rings. The zero-order valence-electron chi connectivity index (χ0n) is 10.1. The fourth-order valence-corrected chi connectivity index (χ4v) is 3.23. The monoisotopic (exact) mass is 234 g/mol. The first-order chi connectivity index (χ1) is 6.79. The summed E-state index contributed by atoms with van der Waals surface area (Å²) in [6.45, 7) is 7.79. The molecule has 15 heavy (non-hydrogen) atoms. The van der Waals surface area contributed by atoms with Gasteiger partial charge in [0.1, 0.15) is 0 Å². The molecule has 1 rings (SSSR count). The van der Waals surface area contributed by atoms with Crippen LogP contribution in [0.1, 0.15) is 40.0 Å². The second-order valence-electron chi connectivity index (χ2n) is 5.27. The van der Waals surface area contributed by atoms with E-state index in [2.05, 4.69) is 20.8 Å². The minimum absolute atomic E-state index is 0.0328. The molecule has 0 radical (unpaired) electrons. The van der Waals surface area contributed by atoms with Gasteiger partial charge in [-0.05, 0) is 30.6 Å². The van der Waals surface area contributed by atoms with Gasteiger partial charge in [0.2, 0.25) is 0 Å². The van der Waals surface area contributed by atoms with Crippen LogP contribution < -0.4 is 0 Å². The molecule has 3 nitrogen and oxygen atoms in total. The first kappa shape index (κ1) is 13.2. The minimum atomic E-state index is -3.34. The van der Waals surface area contributed by atoms with Crippen LogP contribution in [0.5, 0.6) is 0 Å². The molecule has 0 heterocycles. The van der Waals surface area contributed by atoms with E-state index in [1.807, 2.05) is 0 Å². The van der Waals surface area contributed by atoms with Crippen LogP contribution in [0.15, 0.2) is 0 Å². The predicted molar refractivity (Wildman–Crippen MR) is 62.0 cm³/mol. The standard InChI is InChI=1S/C11H23O3P/c1-8(2)10-6-5-9(3)7-11(10)14-15(4,12)13/h8-11H,5-7H2,1-4H3,(H,12,13)/t9-,10+,11-/m1/s1. The third-order valence-corrected chi connectivity index (χ3v) is 3.95. The molecule has 0 aromatic heterocycles. The summed E-state index contributed by atoms with van der Waals surface area (Å²) in [7, 11) is -3.34. The maximum atomic E-state index is 11.3. The molecule has 1 unspecified atom stereocenters. The Morgan fingerprint density at radius 2 is 2.00 bits per heavy atom. The van der Waals surface area contributed by atoms with Crippen LogP contribution in [-0.2, 0) is 9.09 Å². The minimum Gasteiger partial charge on any atom is -0.324 e. The van der Waals surface area contributed by atoms with E-state index in [0.29, 0.717) is 17.8 Å². The molecule has 0 aliphatic heterocycles. The largest absolute Gasteiger partial charge is 0.325 e. The highest BCUT2D eigenvalue weighted by atomic mass is 31.2. The molecule has 0 amide bonds. The maximum Gasteiger partial charge on any atom is 0.325 e. The molecular formula is C11H23O3P. The summed E-state index contributed by atoms with van der Waals surface area (Å²) in [4.78, 5) is 9.29. The highest BCUT2D eigenvalue weighted by Crippen LogP contribution is 2.45. The van der Waals surface area contributed by atoms with Crippen molar-refractivity contribution in [2.45, 2.75) is 46.1 Å². The van der Waals surface area contributed by atoms with E-state index in [9.17, 15) is 9.46 Å². The normalized spacial score (nSPS) is 36.5. The van der Waals surface area contributed by atoms with E-state index in [1.54, 1.807) is 0 Å². The third-order valence-electron chi connectivity index (χ3n) is 3.29. The molecule has 0 aromatic carbocycles. The Labute approximate surface area is 92.8 Å². The lowest BCUT2D eigenvalue weighted by Gasteiger charge is -2.37. The van der Waals surface area contributed by atoms with Crippen LogP contribution in [0.25, 0.3) is 0 Å². The van der Waals surface area contributed by atoms with Gasteiger partial charge < -0.3 is 9.42 Å². The fraction of sp³-hybridized carbons (Fsp3) is 1.00. The molecular weight excluding hydrogens is 211 g/mol. The molecule has 4 heteroatoms. The molecule has 1 aliphatic carbocycles. The van der Waals surface area contributed by atoms with Crippen molar-refractivity contribution in [3.05, 3.63) is 0 Å². The highest BCUT2D eigenvalue weighted by molar-refractivity contribution is 7.51. The van der Waals surface area contributed by atoms with E-state index in [-0.39, 0.29) is 6.10 Å². The zero-order chi connectivity index (χ0) is 11.6. The Hall–Kier alpha value is 0.150. The van der Waals surface area contributed by atoms with Crippen molar-refractivity contribution >= 4 is 7.60 Å². The summed E-state index contributed by atoms with van der Waals surface area (Å²) in [5.41, 5.74) is 0. The summed E-state index contributed by atoms with van der Waals surface area (Å²) in [6, 6.07) is 0. The van der Waals surface area contributed by atoms with Gasteiger partial charge in [-0.25, -0.2) is 0 Å². The van der Waals surface area contributed by atoms with Crippen molar-refractivity contribution in [2.24, 2.45) is 17.8 Å². The van der Waals surface area contributed by atoms with E-state index in [1.165, 1.54) is 13.1 Å². The Morgan fingerprint density at radius 1 is 1.40 bits per heavy atom. The Kier molecular flexibility index (Phi) is 4.39.